The van der Waals surface area contributed by atoms with Crippen molar-refractivity contribution in [2.24, 2.45) is 4.99 Å². The van der Waals surface area contributed by atoms with Crippen molar-refractivity contribution >= 4 is 5.96 Å². The zero-order chi connectivity index (χ0) is 11.8. The van der Waals surface area contributed by atoms with Crippen LogP contribution in [0.25, 0.3) is 0 Å². The number of nitrogens with zero attached hydrogens (tertiary/aromatic N) is 2. The molecule has 1 saturated heterocycles. The van der Waals surface area contributed by atoms with Gasteiger partial charge in [0.2, 0.25) is 0 Å². The first-order valence-corrected chi connectivity index (χ1v) is 5.75. The van der Waals surface area contributed by atoms with Crippen LogP contribution in [0.1, 0.15) is 18.0 Å². The van der Waals surface area contributed by atoms with E-state index in [0.717, 1.165) is 31.5 Å². The van der Waals surface area contributed by atoms with Crippen LogP contribution in [0.5, 0.6) is 0 Å². The van der Waals surface area contributed by atoms with Crippen LogP contribution in [0.4, 0.5) is 8.78 Å². The number of aliphatic imine (C=N–C) groups is 1. The van der Waals surface area contributed by atoms with E-state index in [1.54, 1.807) is 0 Å². The molecular weight excluding hydrogens is 224 g/mol. The SMILES string of the molecule is Fc1ccc(F)c(C2CCN=C3NCCN32)c1. The lowest BCUT2D eigenvalue weighted by molar-refractivity contribution is 0.305. The van der Waals surface area contributed by atoms with Crippen LogP contribution in [0.2, 0.25) is 0 Å². The van der Waals surface area contributed by atoms with Gasteiger partial charge in [0.1, 0.15) is 11.6 Å². The number of benzene rings is 1. The summed E-state index contributed by atoms with van der Waals surface area (Å²) < 4.78 is 27.0. The van der Waals surface area contributed by atoms with E-state index in [1.165, 1.54) is 12.1 Å². The zero-order valence-corrected chi connectivity index (χ0v) is 9.29. The Labute approximate surface area is 98.1 Å². The smallest absolute Gasteiger partial charge is 0.194 e. The Morgan fingerprint density at radius 3 is 3.12 bits per heavy atom. The Bertz CT molecular complexity index is 473. The fraction of sp³-hybridized carbons (Fsp3) is 0.417. The molecule has 1 unspecified atom stereocenters. The molecule has 3 nitrogen and oxygen atoms in total. The summed E-state index contributed by atoms with van der Waals surface area (Å²) in [7, 11) is 0. The second-order valence-corrected chi connectivity index (χ2v) is 4.30. The topological polar surface area (TPSA) is 27.6 Å². The Balaban J connectivity index is 1.98. The minimum absolute atomic E-state index is 0.104. The molecular formula is C12H13F2N3. The van der Waals surface area contributed by atoms with Crippen molar-refractivity contribution in [3.63, 3.8) is 0 Å². The lowest BCUT2D eigenvalue weighted by Crippen LogP contribution is -2.38. The maximum absolute atomic E-state index is 13.8. The molecule has 1 aromatic carbocycles. The van der Waals surface area contributed by atoms with E-state index in [-0.39, 0.29) is 11.9 Å². The van der Waals surface area contributed by atoms with Crippen molar-refractivity contribution in [2.45, 2.75) is 12.5 Å². The first-order valence-electron chi connectivity index (χ1n) is 5.75. The molecule has 0 aliphatic carbocycles. The van der Waals surface area contributed by atoms with Crippen LogP contribution in [-0.2, 0) is 0 Å². The highest BCUT2D eigenvalue weighted by molar-refractivity contribution is 5.82. The minimum atomic E-state index is -0.391. The number of halogens is 2. The molecule has 5 heteroatoms. The molecule has 2 heterocycles. The lowest BCUT2D eigenvalue weighted by atomic mass is 10.0. The first kappa shape index (κ1) is 10.5. The van der Waals surface area contributed by atoms with Crippen molar-refractivity contribution in [1.29, 1.82) is 0 Å². The number of hydrogen-bond acceptors (Lipinski definition) is 3. The molecule has 3 rings (SSSR count). The van der Waals surface area contributed by atoms with E-state index in [2.05, 4.69) is 10.3 Å². The fourth-order valence-corrected chi connectivity index (χ4v) is 2.49. The minimum Gasteiger partial charge on any atom is -0.354 e. The van der Waals surface area contributed by atoms with E-state index in [9.17, 15) is 8.78 Å². The summed E-state index contributed by atoms with van der Waals surface area (Å²) in [5.41, 5.74) is 0.432. The van der Waals surface area contributed by atoms with Crippen LogP contribution >= 0.6 is 0 Å². The van der Waals surface area contributed by atoms with Gasteiger partial charge < -0.3 is 10.2 Å². The number of rotatable bonds is 1. The second kappa shape index (κ2) is 3.98. The molecule has 1 atom stereocenters. The van der Waals surface area contributed by atoms with Crippen LogP contribution in [-0.4, -0.2) is 30.5 Å². The monoisotopic (exact) mass is 237 g/mol. The highest BCUT2D eigenvalue weighted by atomic mass is 19.1. The van der Waals surface area contributed by atoms with E-state index >= 15 is 0 Å². The Morgan fingerprint density at radius 1 is 1.35 bits per heavy atom. The van der Waals surface area contributed by atoms with Crippen molar-refractivity contribution in [2.75, 3.05) is 19.6 Å². The third kappa shape index (κ3) is 1.75. The highest BCUT2D eigenvalue weighted by Gasteiger charge is 2.31. The van der Waals surface area contributed by atoms with Gasteiger partial charge in [0, 0.05) is 25.2 Å². The van der Waals surface area contributed by atoms with Gasteiger partial charge in [-0.25, -0.2) is 8.78 Å². The van der Waals surface area contributed by atoms with Gasteiger partial charge in [-0.2, -0.15) is 0 Å². The summed E-state index contributed by atoms with van der Waals surface area (Å²) in [6.07, 6.45) is 0.728. The maximum atomic E-state index is 13.8. The quantitative estimate of drug-likeness (QED) is 0.804. The number of hydrogen-bond donors (Lipinski definition) is 1. The van der Waals surface area contributed by atoms with Gasteiger partial charge in [-0.15, -0.1) is 0 Å². The predicted molar refractivity (Wildman–Crippen MR) is 60.7 cm³/mol. The molecule has 1 N–H and O–H groups in total. The largest absolute Gasteiger partial charge is 0.354 e. The van der Waals surface area contributed by atoms with Gasteiger partial charge in [-0.3, -0.25) is 4.99 Å². The Kier molecular flexibility index (Phi) is 2.46. The summed E-state index contributed by atoms with van der Waals surface area (Å²) in [6, 6.07) is 3.54. The van der Waals surface area contributed by atoms with Gasteiger partial charge in [-0.1, -0.05) is 0 Å². The van der Waals surface area contributed by atoms with Crippen LogP contribution in [0.3, 0.4) is 0 Å². The summed E-state index contributed by atoms with van der Waals surface area (Å²) in [5.74, 6) is 0.0760. The predicted octanol–water partition coefficient (Wildman–Crippen LogP) is 1.67. The molecule has 17 heavy (non-hydrogen) atoms. The van der Waals surface area contributed by atoms with Crippen LogP contribution in [0.15, 0.2) is 23.2 Å². The molecule has 0 aromatic heterocycles. The number of nitrogens with one attached hydrogen (secondary N) is 1. The van der Waals surface area contributed by atoms with E-state index in [0.29, 0.717) is 12.1 Å². The second-order valence-electron chi connectivity index (χ2n) is 4.30. The third-order valence-corrected chi connectivity index (χ3v) is 3.27. The third-order valence-electron chi connectivity index (χ3n) is 3.27. The maximum Gasteiger partial charge on any atom is 0.194 e. The van der Waals surface area contributed by atoms with Crippen LogP contribution < -0.4 is 5.32 Å². The molecule has 2 aliphatic heterocycles. The molecule has 0 spiro atoms. The summed E-state index contributed by atoms with van der Waals surface area (Å²) in [4.78, 5) is 6.35. The van der Waals surface area contributed by atoms with Crippen molar-refractivity contribution in [1.82, 2.24) is 10.2 Å². The first-order chi connectivity index (χ1) is 8.25. The van der Waals surface area contributed by atoms with Crippen molar-refractivity contribution in [3.05, 3.63) is 35.4 Å². The molecule has 0 radical (unpaired) electrons. The van der Waals surface area contributed by atoms with Gasteiger partial charge in [-0.05, 0) is 24.6 Å². The average molecular weight is 237 g/mol. The average Bonchev–Trinajstić information content (AvgIpc) is 2.80. The molecule has 1 fully saturated rings. The molecule has 0 bridgehead atoms. The number of guanidine groups is 1. The molecule has 0 amide bonds. The number of fused-ring (bicyclic) bond motifs is 1. The standard InChI is InChI=1S/C12H13F2N3/c13-8-1-2-10(14)9(7-8)11-3-4-15-12-16-5-6-17(11)12/h1-2,7,11H,3-6H2,(H,15,16). The van der Waals surface area contributed by atoms with E-state index in [4.69, 9.17) is 0 Å². The summed E-state index contributed by atoms with van der Waals surface area (Å²) >= 11 is 0. The molecule has 2 aliphatic rings. The zero-order valence-electron chi connectivity index (χ0n) is 9.29. The fourth-order valence-electron chi connectivity index (χ4n) is 2.49. The van der Waals surface area contributed by atoms with Gasteiger partial charge >= 0.3 is 0 Å². The van der Waals surface area contributed by atoms with E-state index < -0.39 is 5.82 Å². The van der Waals surface area contributed by atoms with Crippen molar-refractivity contribution < 1.29 is 8.78 Å². The molecule has 90 valence electrons. The lowest BCUT2D eigenvalue weighted by Gasteiger charge is -2.32. The van der Waals surface area contributed by atoms with Crippen LogP contribution in [0, 0.1) is 11.6 Å². The van der Waals surface area contributed by atoms with Gasteiger partial charge in [0.25, 0.3) is 0 Å². The highest BCUT2D eigenvalue weighted by Crippen LogP contribution is 2.30. The van der Waals surface area contributed by atoms with Gasteiger partial charge in [0.15, 0.2) is 5.96 Å². The molecule has 1 aromatic rings. The van der Waals surface area contributed by atoms with Gasteiger partial charge in [0.05, 0.1) is 6.04 Å². The van der Waals surface area contributed by atoms with Crippen molar-refractivity contribution in [3.8, 4) is 0 Å². The van der Waals surface area contributed by atoms with E-state index in [1.807, 2.05) is 4.90 Å². The normalized spacial score (nSPS) is 23.1. The molecule has 0 saturated carbocycles. The Hall–Kier alpha value is -1.65. The summed E-state index contributed by atoms with van der Waals surface area (Å²) in [5, 5.41) is 3.15. The summed E-state index contributed by atoms with van der Waals surface area (Å²) in [6.45, 7) is 2.26. The Morgan fingerprint density at radius 2 is 2.24 bits per heavy atom.